The van der Waals surface area contributed by atoms with Gasteiger partial charge in [-0.2, -0.15) is 5.26 Å². The Labute approximate surface area is 161 Å². The topological polar surface area (TPSA) is 89.9 Å². The van der Waals surface area contributed by atoms with Gasteiger partial charge >= 0.3 is 0 Å². The summed E-state index contributed by atoms with van der Waals surface area (Å²) in [6.45, 7) is 2.29. The summed E-state index contributed by atoms with van der Waals surface area (Å²) >= 11 is 7.18. The Morgan fingerprint density at radius 3 is 2.92 bits per heavy atom. The van der Waals surface area contributed by atoms with E-state index in [-0.39, 0.29) is 30.2 Å². The molecule has 0 aliphatic carbocycles. The fourth-order valence-electron chi connectivity index (χ4n) is 2.35. The molecule has 0 atom stereocenters. The van der Waals surface area contributed by atoms with Crippen molar-refractivity contribution < 1.29 is 4.79 Å². The fourth-order valence-corrected chi connectivity index (χ4v) is 3.30. The molecule has 0 unspecified atom stereocenters. The van der Waals surface area contributed by atoms with E-state index in [1.165, 1.54) is 22.7 Å². The number of nitriles is 1. The van der Waals surface area contributed by atoms with Gasteiger partial charge in [0.15, 0.2) is 5.16 Å². The van der Waals surface area contributed by atoms with Crippen LogP contribution in [0.1, 0.15) is 25.5 Å². The average molecular weight is 391 g/mol. The number of halogens is 1. The maximum atomic E-state index is 12.7. The number of H-pyrrole nitrogens is 1. The van der Waals surface area contributed by atoms with Gasteiger partial charge in [0.05, 0.1) is 18.2 Å². The molecule has 26 heavy (non-hydrogen) atoms. The van der Waals surface area contributed by atoms with E-state index in [1.807, 2.05) is 13.0 Å². The number of rotatable bonds is 8. The first-order chi connectivity index (χ1) is 12.5. The number of hydrogen-bond acceptors (Lipinski definition) is 5. The van der Waals surface area contributed by atoms with Gasteiger partial charge in [0.1, 0.15) is 0 Å². The number of aromatic amines is 1. The van der Waals surface area contributed by atoms with Crippen LogP contribution in [-0.4, -0.2) is 28.2 Å². The molecule has 2 rings (SSSR count). The molecule has 1 N–H and O–H groups in total. The zero-order valence-electron chi connectivity index (χ0n) is 14.4. The first-order valence-corrected chi connectivity index (χ1v) is 9.55. The first-order valence-electron chi connectivity index (χ1n) is 8.19. The maximum absolute atomic E-state index is 12.7. The number of amides is 1. The molecule has 1 aromatic heterocycles. The lowest BCUT2D eigenvalue weighted by atomic mass is 10.2. The van der Waals surface area contributed by atoms with Crippen LogP contribution in [0.4, 0.5) is 5.69 Å². The van der Waals surface area contributed by atoms with E-state index in [9.17, 15) is 9.59 Å². The summed E-state index contributed by atoms with van der Waals surface area (Å²) in [5.41, 5.74) is 1.12. The molecule has 136 valence electrons. The predicted molar refractivity (Wildman–Crippen MR) is 104 cm³/mol. The summed E-state index contributed by atoms with van der Waals surface area (Å²) in [4.78, 5) is 32.9. The summed E-state index contributed by atoms with van der Waals surface area (Å²) in [6, 6.07) is 10.5. The normalized spacial score (nSPS) is 10.3. The SMILES string of the molecule is CCCc1cc(=O)[nH]c(SCC(=O)N(CCC#N)c2cccc(Cl)c2)n1. The van der Waals surface area contributed by atoms with Crippen molar-refractivity contribution in [2.24, 2.45) is 0 Å². The van der Waals surface area contributed by atoms with Gasteiger partial charge in [0.25, 0.3) is 5.56 Å². The highest BCUT2D eigenvalue weighted by molar-refractivity contribution is 7.99. The minimum absolute atomic E-state index is 0.0937. The smallest absolute Gasteiger partial charge is 0.251 e. The Kier molecular flexibility index (Phi) is 7.70. The van der Waals surface area contributed by atoms with Crippen LogP contribution in [0.3, 0.4) is 0 Å². The number of aromatic nitrogens is 2. The lowest BCUT2D eigenvalue weighted by molar-refractivity contribution is -0.116. The number of nitrogens with one attached hydrogen (secondary N) is 1. The van der Waals surface area contributed by atoms with Crippen molar-refractivity contribution in [3.05, 3.63) is 51.4 Å². The highest BCUT2D eigenvalue weighted by Crippen LogP contribution is 2.22. The van der Waals surface area contributed by atoms with Crippen molar-refractivity contribution in [1.82, 2.24) is 9.97 Å². The molecule has 0 saturated heterocycles. The highest BCUT2D eigenvalue weighted by atomic mass is 35.5. The molecule has 0 spiro atoms. The largest absolute Gasteiger partial charge is 0.311 e. The number of carbonyl (C=O) groups is 1. The molecule has 1 amide bonds. The number of benzene rings is 1. The summed E-state index contributed by atoms with van der Waals surface area (Å²) in [5.74, 6) is -0.0905. The van der Waals surface area contributed by atoms with E-state index in [0.29, 0.717) is 28.0 Å². The molecule has 0 saturated carbocycles. The molecule has 0 aliphatic rings. The Balaban J connectivity index is 2.12. The molecular formula is C18H19ClN4O2S. The van der Waals surface area contributed by atoms with Gasteiger partial charge < -0.3 is 9.88 Å². The lowest BCUT2D eigenvalue weighted by Crippen LogP contribution is -2.33. The van der Waals surface area contributed by atoms with Gasteiger partial charge in [-0.05, 0) is 24.6 Å². The summed E-state index contributed by atoms with van der Waals surface area (Å²) in [5, 5.41) is 9.78. The zero-order valence-corrected chi connectivity index (χ0v) is 15.9. The second kappa shape index (κ2) is 10.00. The van der Waals surface area contributed by atoms with Crippen molar-refractivity contribution in [2.45, 2.75) is 31.3 Å². The second-order valence-electron chi connectivity index (χ2n) is 5.51. The number of aryl methyl sites for hydroxylation is 1. The summed E-state index contributed by atoms with van der Waals surface area (Å²) in [6.07, 6.45) is 1.81. The van der Waals surface area contributed by atoms with Crippen molar-refractivity contribution in [2.75, 3.05) is 17.2 Å². The summed E-state index contributed by atoms with van der Waals surface area (Å²) < 4.78 is 0. The Bertz CT molecular complexity index is 863. The van der Waals surface area contributed by atoms with Crippen LogP contribution in [-0.2, 0) is 11.2 Å². The molecule has 0 bridgehead atoms. The van der Waals surface area contributed by atoms with Gasteiger partial charge in [-0.25, -0.2) is 4.98 Å². The van der Waals surface area contributed by atoms with Crippen LogP contribution < -0.4 is 10.5 Å². The quantitative estimate of drug-likeness (QED) is 0.551. The number of carbonyl (C=O) groups excluding carboxylic acids is 1. The van der Waals surface area contributed by atoms with Crippen LogP contribution >= 0.6 is 23.4 Å². The fraction of sp³-hybridized carbons (Fsp3) is 0.333. The van der Waals surface area contributed by atoms with Crippen molar-refractivity contribution in [1.29, 1.82) is 5.26 Å². The summed E-state index contributed by atoms with van der Waals surface area (Å²) in [7, 11) is 0. The number of anilines is 1. The molecule has 0 aliphatic heterocycles. The van der Waals surface area contributed by atoms with Crippen LogP contribution in [0.5, 0.6) is 0 Å². The molecule has 8 heteroatoms. The standard InChI is InChI=1S/C18H19ClN4O2S/c1-2-5-14-11-16(24)22-18(21-14)26-12-17(25)23(9-4-8-20)15-7-3-6-13(19)10-15/h3,6-7,10-11H,2,4-5,9,12H2,1H3,(H,21,22,24). The van der Waals surface area contributed by atoms with Crippen molar-refractivity contribution >= 4 is 35.0 Å². The van der Waals surface area contributed by atoms with Crippen LogP contribution in [0.25, 0.3) is 0 Å². The van der Waals surface area contributed by atoms with Gasteiger partial charge in [0, 0.05) is 29.0 Å². The zero-order chi connectivity index (χ0) is 18.9. The van der Waals surface area contributed by atoms with Crippen LogP contribution in [0.2, 0.25) is 5.02 Å². The molecule has 2 aromatic rings. The van der Waals surface area contributed by atoms with E-state index in [2.05, 4.69) is 9.97 Å². The third kappa shape index (κ3) is 5.90. The van der Waals surface area contributed by atoms with Gasteiger partial charge in [-0.15, -0.1) is 0 Å². The highest BCUT2D eigenvalue weighted by Gasteiger charge is 2.17. The molecule has 0 radical (unpaired) electrons. The number of hydrogen-bond donors (Lipinski definition) is 1. The van der Waals surface area contributed by atoms with Crippen molar-refractivity contribution in [3.63, 3.8) is 0 Å². The van der Waals surface area contributed by atoms with Gasteiger partial charge in [0.2, 0.25) is 5.91 Å². The molecule has 6 nitrogen and oxygen atoms in total. The number of thioether (sulfide) groups is 1. The monoisotopic (exact) mass is 390 g/mol. The maximum Gasteiger partial charge on any atom is 0.251 e. The molecule has 1 aromatic carbocycles. The molecule has 1 heterocycles. The predicted octanol–water partition coefficient (Wildman–Crippen LogP) is 3.41. The Morgan fingerprint density at radius 1 is 1.42 bits per heavy atom. The molecular weight excluding hydrogens is 372 g/mol. The van der Waals surface area contributed by atoms with E-state index in [0.717, 1.165) is 6.42 Å². The third-order valence-corrected chi connectivity index (χ3v) is 4.57. The average Bonchev–Trinajstić information content (AvgIpc) is 2.60. The van der Waals surface area contributed by atoms with E-state index in [1.54, 1.807) is 24.3 Å². The third-order valence-electron chi connectivity index (χ3n) is 3.48. The lowest BCUT2D eigenvalue weighted by Gasteiger charge is -2.21. The van der Waals surface area contributed by atoms with Crippen LogP contribution in [0, 0.1) is 11.3 Å². The van der Waals surface area contributed by atoms with Gasteiger partial charge in [-0.3, -0.25) is 9.59 Å². The van der Waals surface area contributed by atoms with E-state index >= 15 is 0 Å². The number of nitrogens with zero attached hydrogens (tertiary/aromatic N) is 3. The van der Waals surface area contributed by atoms with Gasteiger partial charge in [-0.1, -0.05) is 42.8 Å². The van der Waals surface area contributed by atoms with E-state index in [4.69, 9.17) is 16.9 Å². The first kappa shape index (κ1) is 20.0. The minimum Gasteiger partial charge on any atom is -0.311 e. The minimum atomic E-state index is -0.227. The second-order valence-corrected chi connectivity index (χ2v) is 6.91. The Morgan fingerprint density at radius 2 is 2.23 bits per heavy atom. The van der Waals surface area contributed by atoms with E-state index < -0.39 is 0 Å². The molecule has 0 fully saturated rings. The Hall–Kier alpha value is -2.30. The van der Waals surface area contributed by atoms with Crippen LogP contribution in [0.15, 0.2) is 40.3 Å². The van der Waals surface area contributed by atoms with Crippen molar-refractivity contribution in [3.8, 4) is 6.07 Å².